The van der Waals surface area contributed by atoms with Gasteiger partial charge in [-0.2, -0.15) is 0 Å². The molecule has 4 N–H and O–H groups in total. The van der Waals surface area contributed by atoms with Gasteiger partial charge >= 0.3 is 5.97 Å². The van der Waals surface area contributed by atoms with Crippen LogP contribution in [-0.4, -0.2) is 28.8 Å². The minimum absolute atomic E-state index is 0. The average Bonchev–Trinajstić information content (AvgIpc) is 1.65. The van der Waals surface area contributed by atoms with E-state index in [9.17, 15) is 4.79 Å². The summed E-state index contributed by atoms with van der Waals surface area (Å²) in [6.45, 7) is -0.505. The van der Waals surface area contributed by atoms with E-state index in [2.05, 4.69) is 0 Å². The van der Waals surface area contributed by atoms with Gasteiger partial charge in [0.05, 0.1) is 6.61 Å². The number of carbonyl (C=O) groups is 1. The number of hydrogen-bond acceptors (Lipinski definition) is 3. The first kappa shape index (κ1) is 11.0. The number of carboxylic acids is 1. The van der Waals surface area contributed by atoms with Crippen LogP contribution in [0.1, 0.15) is 0 Å². The molecule has 1 unspecified atom stereocenters. The Morgan fingerprint density at radius 1 is 1.75 bits per heavy atom. The van der Waals surface area contributed by atoms with Crippen molar-refractivity contribution in [2.45, 2.75) is 6.04 Å². The van der Waals surface area contributed by atoms with Gasteiger partial charge in [-0.3, -0.25) is 4.79 Å². The Morgan fingerprint density at radius 3 is 2.12 bits per heavy atom. The fourth-order valence-electron chi connectivity index (χ4n) is 0.0781. The molecule has 0 amide bonds. The van der Waals surface area contributed by atoms with E-state index >= 15 is 0 Å². The third kappa shape index (κ3) is 4.29. The van der Waals surface area contributed by atoms with Crippen LogP contribution in [0.2, 0.25) is 0 Å². The van der Waals surface area contributed by atoms with Gasteiger partial charge in [-0.1, -0.05) is 0 Å². The van der Waals surface area contributed by atoms with Crippen LogP contribution in [0.25, 0.3) is 0 Å². The Labute approximate surface area is 62.2 Å². The summed E-state index contributed by atoms with van der Waals surface area (Å²) in [5.41, 5.74) is 4.77. The summed E-state index contributed by atoms with van der Waals surface area (Å²) in [4.78, 5) is 9.65. The SMILES string of the molecule is NC(CO)C(=O)O.[Au]. The third-order valence-electron chi connectivity index (χ3n) is 0.514. The first-order chi connectivity index (χ1) is 3.18. The van der Waals surface area contributed by atoms with Crippen molar-refractivity contribution < 1.29 is 37.4 Å². The Hall–Kier alpha value is 0.130. The molecule has 1 atom stereocenters. The molecule has 53 valence electrons. The van der Waals surface area contributed by atoms with Crippen molar-refractivity contribution in [3.8, 4) is 0 Å². The van der Waals surface area contributed by atoms with Crippen molar-refractivity contribution >= 4 is 5.97 Å². The van der Waals surface area contributed by atoms with Gasteiger partial charge in [-0.25, -0.2) is 0 Å². The summed E-state index contributed by atoms with van der Waals surface area (Å²) in [5.74, 6) is -1.18. The standard InChI is InChI=1S/C3H7NO3.Au/c4-2(1-5)3(6)7;/h2,5H,1,4H2,(H,6,7);. The molecule has 1 radical (unpaired) electrons. The molecule has 0 aromatic rings. The molecule has 0 spiro atoms. The Bertz CT molecular complexity index is 76.9. The van der Waals surface area contributed by atoms with Crippen LogP contribution in [0.5, 0.6) is 0 Å². The number of aliphatic hydroxyl groups is 1. The molecule has 4 nitrogen and oxygen atoms in total. The van der Waals surface area contributed by atoms with E-state index in [1.165, 1.54) is 0 Å². The predicted octanol–water partition coefficient (Wildman–Crippen LogP) is -1.61. The summed E-state index contributed by atoms with van der Waals surface area (Å²) < 4.78 is 0. The normalized spacial score (nSPS) is 11.8. The zero-order valence-corrected chi connectivity index (χ0v) is 6.13. The van der Waals surface area contributed by atoms with Crippen LogP contribution < -0.4 is 5.73 Å². The van der Waals surface area contributed by atoms with Gasteiger partial charge in [-0.05, 0) is 0 Å². The smallest absolute Gasteiger partial charge is 0.322 e. The van der Waals surface area contributed by atoms with E-state index in [4.69, 9.17) is 15.9 Å². The molecule has 0 saturated heterocycles. The molecule has 0 aromatic heterocycles. The number of rotatable bonds is 2. The Morgan fingerprint density at radius 2 is 2.12 bits per heavy atom. The second-order valence-corrected chi connectivity index (χ2v) is 1.13. The molecule has 8 heavy (non-hydrogen) atoms. The minimum Gasteiger partial charge on any atom is -0.480 e. The van der Waals surface area contributed by atoms with E-state index in [1.807, 2.05) is 0 Å². The van der Waals surface area contributed by atoms with E-state index in [1.54, 1.807) is 0 Å². The second kappa shape index (κ2) is 5.27. The first-order valence-corrected chi connectivity index (χ1v) is 1.77. The largest absolute Gasteiger partial charge is 0.480 e. The van der Waals surface area contributed by atoms with Gasteiger partial charge < -0.3 is 15.9 Å². The first-order valence-electron chi connectivity index (χ1n) is 1.77. The van der Waals surface area contributed by atoms with Crippen molar-refractivity contribution in [3.05, 3.63) is 0 Å². The molecule has 0 saturated carbocycles. The quantitative estimate of drug-likeness (QED) is 0.536. The molecule has 5 heteroatoms. The van der Waals surface area contributed by atoms with Crippen molar-refractivity contribution in [2.75, 3.05) is 6.61 Å². The molecule has 0 rings (SSSR count). The van der Waals surface area contributed by atoms with Crippen molar-refractivity contribution in [1.29, 1.82) is 0 Å². The topological polar surface area (TPSA) is 83.5 Å². The zero-order chi connectivity index (χ0) is 5.86. The van der Waals surface area contributed by atoms with Crippen LogP contribution >= 0.6 is 0 Å². The summed E-state index contributed by atoms with van der Waals surface area (Å²) in [7, 11) is 0. The summed E-state index contributed by atoms with van der Waals surface area (Å²) in [6, 6.07) is -1.13. The molecular weight excluding hydrogens is 295 g/mol. The van der Waals surface area contributed by atoms with Crippen molar-refractivity contribution in [1.82, 2.24) is 0 Å². The van der Waals surface area contributed by atoms with Crippen LogP contribution in [-0.2, 0) is 27.2 Å². The maximum absolute atomic E-state index is 9.65. The van der Waals surface area contributed by atoms with Crippen molar-refractivity contribution in [2.24, 2.45) is 5.73 Å². The minimum atomic E-state index is -1.18. The maximum Gasteiger partial charge on any atom is 0.322 e. The average molecular weight is 302 g/mol. The fraction of sp³-hybridized carbons (Fsp3) is 0.667. The molecule has 0 fully saturated rings. The van der Waals surface area contributed by atoms with Gasteiger partial charge in [-0.15, -0.1) is 0 Å². The van der Waals surface area contributed by atoms with Crippen LogP contribution in [0.3, 0.4) is 0 Å². The van der Waals surface area contributed by atoms with E-state index in [0.29, 0.717) is 0 Å². The van der Waals surface area contributed by atoms with Gasteiger partial charge in [0.25, 0.3) is 0 Å². The number of aliphatic hydroxyl groups excluding tert-OH is 1. The van der Waals surface area contributed by atoms with Crippen LogP contribution in [0, 0.1) is 0 Å². The van der Waals surface area contributed by atoms with E-state index in [0.717, 1.165) is 0 Å². The van der Waals surface area contributed by atoms with Crippen molar-refractivity contribution in [3.63, 3.8) is 0 Å². The molecule has 0 aliphatic carbocycles. The number of carboxylic acid groups (broad SMARTS) is 1. The fourth-order valence-corrected chi connectivity index (χ4v) is 0.0781. The monoisotopic (exact) mass is 302 g/mol. The molecule has 0 bridgehead atoms. The van der Waals surface area contributed by atoms with Crippen LogP contribution in [0.4, 0.5) is 0 Å². The maximum atomic E-state index is 9.65. The Kier molecular flexibility index (Phi) is 7.25. The number of aliphatic carboxylic acids is 1. The molecule has 0 aromatic carbocycles. The van der Waals surface area contributed by atoms with Gasteiger partial charge in [0.15, 0.2) is 0 Å². The zero-order valence-electron chi connectivity index (χ0n) is 3.97. The number of nitrogens with two attached hydrogens (primary N) is 1. The molecule has 0 aliphatic rings. The van der Waals surface area contributed by atoms with E-state index in [-0.39, 0.29) is 22.4 Å². The third-order valence-corrected chi connectivity index (χ3v) is 0.514. The molecule has 0 aliphatic heterocycles. The summed E-state index contributed by atoms with van der Waals surface area (Å²) >= 11 is 0. The predicted molar refractivity (Wildman–Crippen MR) is 22.7 cm³/mol. The molecular formula is C3H7AuNO3. The Balaban J connectivity index is 0. The van der Waals surface area contributed by atoms with Gasteiger partial charge in [0, 0.05) is 22.4 Å². The van der Waals surface area contributed by atoms with Gasteiger partial charge in [0.2, 0.25) is 0 Å². The second-order valence-electron chi connectivity index (χ2n) is 1.13. The molecule has 0 heterocycles. The summed E-state index contributed by atoms with van der Waals surface area (Å²) in [5, 5.41) is 15.9. The van der Waals surface area contributed by atoms with Gasteiger partial charge in [0.1, 0.15) is 6.04 Å². The summed E-state index contributed by atoms with van der Waals surface area (Å²) in [6.07, 6.45) is 0. The van der Waals surface area contributed by atoms with Crippen LogP contribution in [0.15, 0.2) is 0 Å². The van der Waals surface area contributed by atoms with E-state index < -0.39 is 18.6 Å². The number of hydrogen-bond donors (Lipinski definition) is 3.